The van der Waals surface area contributed by atoms with Crippen molar-refractivity contribution in [3.8, 4) is 5.75 Å². The molecule has 0 aromatic heterocycles. The van der Waals surface area contributed by atoms with Crippen LogP contribution in [-0.4, -0.2) is 66.4 Å². The molecule has 1 N–H and O–H groups in total. The van der Waals surface area contributed by atoms with Gasteiger partial charge in [0, 0.05) is 42.1 Å². The molecule has 1 saturated carbocycles. The van der Waals surface area contributed by atoms with E-state index in [9.17, 15) is 9.00 Å². The van der Waals surface area contributed by atoms with Gasteiger partial charge in [0.1, 0.15) is 5.75 Å². The minimum absolute atomic E-state index is 0.0542. The average Bonchev–Trinajstić information content (AvgIpc) is 3.07. The monoisotopic (exact) mass is 612 g/mol. The van der Waals surface area contributed by atoms with E-state index in [1.807, 2.05) is 25.1 Å². The number of ether oxygens (including phenoxy) is 3. The lowest BCUT2D eigenvalue weighted by Gasteiger charge is -2.48. The van der Waals surface area contributed by atoms with E-state index in [1.54, 1.807) is 6.07 Å². The molecule has 5 aliphatic rings. The molecule has 1 saturated heterocycles. The lowest BCUT2D eigenvalue weighted by Crippen LogP contribution is -2.51. The maximum Gasteiger partial charge on any atom is 0.262 e. The number of fused-ring (bicyclic) bond motifs is 7. The summed E-state index contributed by atoms with van der Waals surface area (Å²) in [7, 11) is -2.91. The summed E-state index contributed by atoms with van der Waals surface area (Å²) < 4.78 is 35.5. The molecule has 7 rings (SSSR count). The van der Waals surface area contributed by atoms with Crippen molar-refractivity contribution in [3.63, 3.8) is 0 Å². The van der Waals surface area contributed by atoms with Crippen molar-refractivity contribution in [1.29, 1.82) is 0 Å². The van der Waals surface area contributed by atoms with Crippen LogP contribution in [0.2, 0.25) is 5.02 Å². The molecule has 9 heteroatoms. The van der Waals surface area contributed by atoms with E-state index in [0.717, 1.165) is 74.5 Å². The van der Waals surface area contributed by atoms with Gasteiger partial charge >= 0.3 is 0 Å². The minimum Gasteiger partial charge on any atom is -0.490 e. The molecule has 3 aliphatic heterocycles. The van der Waals surface area contributed by atoms with Crippen LogP contribution in [0.4, 0.5) is 5.69 Å². The number of benzene rings is 2. The van der Waals surface area contributed by atoms with Gasteiger partial charge in [-0.05, 0) is 105 Å². The molecule has 4 bridgehead atoms. The Bertz CT molecular complexity index is 1480. The number of aryl methyl sites for hydroxylation is 1. The minimum atomic E-state index is -2.91. The van der Waals surface area contributed by atoms with Crippen molar-refractivity contribution in [2.75, 3.05) is 37.0 Å². The topological polar surface area (TPSA) is 77.1 Å². The molecule has 2 aromatic rings. The van der Waals surface area contributed by atoms with E-state index in [-0.39, 0.29) is 35.4 Å². The smallest absolute Gasteiger partial charge is 0.262 e. The third-order valence-electron chi connectivity index (χ3n) is 10.2. The second-order valence-corrected chi connectivity index (χ2v) is 15.8. The summed E-state index contributed by atoms with van der Waals surface area (Å²) in [6.45, 7) is 4.82. The number of nitrogens with one attached hydrogen (secondary N) is 1. The Balaban J connectivity index is 1.29. The molecule has 2 aliphatic carbocycles. The molecule has 7 atom stereocenters. The lowest BCUT2D eigenvalue weighted by molar-refractivity contribution is -0.126. The molecule has 3 heterocycles. The van der Waals surface area contributed by atoms with Crippen LogP contribution in [-0.2, 0) is 31.0 Å². The highest BCUT2D eigenvalue weighted by Gasteiger charge is 2.45. The molecule has 1 amide bonds. The van der Waals surface area contributed by atoms with Gasteiger partial charge in [-0.1, -0.05) is 17.7 Å². The Labute approximate surface area is 254 Å². The fourth-order valence-electron chi connectivity index (χ4n) is 8.08. The summed E-state index contributed by atoms with van der Waals surface area (Å²) in [6.07, 6.45) is 7.03. The molecule has 2 fully saturated rings. The number of carbonyl (C=O) groups is 1. The normalized spacial score (nSPS) is 36.5. The number of rotatable bonds is 0. The Morgan fingerprint density at radius 2 is 2.05 bits per heavy atom. The Kier molecular flexibility index (Phi) is 7.48. The molecule has 1 spiro atoms. The zero-order valence-corrected chi connectivity index (χ0v) is 25.9. The first-order valence-electron chi connectivity index (χ1n) is 15.4. The average molecular weight is 613 g/mol. The highest BCUT2D eigenvalue weighted by atomic mass is 35.5. The molecule has 2 aromatic carbocycles. The second kappa shape index (κ2) is 11.0. The van der Waals surface area contributed by atoms with Crippen molar-refractivity contribution < 1.29 is 23.2 Å². The fraction of sp³-hybridized carbons (Fsp3) is 0.576. The maximum atomic E-state index is 13.4. The number of hydrogen-bond donors (Lipinski definition) is 1. The van der Waals surface area contributed by atoms with Crippen LogP contribution in [0, 0.1) is 11.8 Å². The molecular weight excluding hydrogens is 572 g/mol. The third-order valence-corrected chi connectivity index (χ3v) is 12.0. The fourth-order valence-corrected chi connectivity index (χ4v) is 9.65. The Morgan fingerprint density at radius 3 is 2.88 bits per heavy atom. The third kappa shape index (κ3) is 5.44. The van der Waals surface area contributed by atoms with Crippen LogP contribution in [0.3, 0.4) is 0 Å². The highest BCUT2D eigenvalue weighted by molar-refractivity contribution is 7.99. The van der Waals surface area contributed by atoms with Crippen molar-refractivity contribution in [2.45, 2.75) is 75.6 Å². The van der Waals surface area contributed by atoms with Crippen molar-refractivity contribution in [2.24, 2.45) is 11.8 Å². The summed E-state index contributed by atoms with van der Waals surface area (Å²) in [5, 5.41) is 0.771. The van der Waals surface area contributed by atoms with Gasteiger partial charge in [-0.25, -0.2) is 4.21 Å². The van der Waals surface area contributed by atoms with Crippen LogP contribution in [0.15, 0.2) is 36.4 Å². The summed E-state index contributed by atoms with van der Waals surface area (Å²) in [4.78, 5) is 15.9. The van der Waals surface area contributed by atoms with Gasteiger partial charge in [-0.2, -0.15) is 0 Å². The standard InChI is InChI=1S/C33H41ClN2O5S/c1-21-18-42(2,38)35-32(37)23-6-10-30-29(15-23)36(17-24-5-8-27(24)31-16-26(41-21)11-13-39-31)19-33(20-40-30)12-3-4-22-14-25(34)7-9-28(22)33/h6-7,9-10,14-15,21,24,26-27,31H,2-5,8,11-13,16-20H2,1H3,(H,35,37,38)/t21-,24-,26-,27+,31+,33-,42?/m0/s1. The lowest BCUT2D eigenvalue weighted by atomic mass is 9.67. The first kappa shape index (κ1) is 28.5. The van der Waals surface area contributed by atoms with Gasteiger partial charge in [0.15, 0.2) is 0 Å². The van der Waals surface area contributed by atoms with Gasteiger partial charge in [0.05, 0.1) is 46.1 Å². The van der Waals surface area contributed by atoms with E-state index in [1.165, 1.54) is 11.1 Å². The molecular formula is C33H41ClN2O5S. The molecule has 42 heavy (non-hydrogen) atoms. The van der Waals surface area contributed by atoms with Crippen molar-refractivity contribution >= 4 is 38.8 Å². The van der Waals surface area contributed by atoms with Gasteiger partial charge in [-0.15, -0.1) is 0 Å². The van der Waals surface area contributed by atoms with E-state index < -0.39 is 9.71 Å². The van der Waals surface area contributed by atoms with Gasteiger partial charge < -0.3 is 19.1 Å². The Morgan fingerprint density at radius 1 is 1.17 bits per heavy atom. The van der Waals surface area contributed by atoms with Crippen LogP contribution in [0.1, 0.15) is 66.9 Å². The van der Waals surface area contributed by atoms with Crippen molar-refractivity contribution in [1.82, 2.24) is 4.72 Å². The van der Waals surface area contributed by atoms with Gasteiger partial charge in [-0.3, -0.25) is 9.52 Å². The number of hydrogen-bond acceptors (Lipinski definition) is 6. The van der Waals surface area contributed by atoms with E-state index >= 15 is 0 Å². The number of amides is 1. The highest BCUT2D eigenvalue weighted by Crippen LogP contribution is 2.47. The van der Waals surface area contributed by atoms with E-state index in [4.69, 9.17) is 25.8 Å². The van der Waals surface area contributed by atoms with Crippen LogP contribution >= 0.6 is 11.6 Å². The molecule has 0 radical (unpaired) electrons. The van der Waals surface area contributed by atoms with E-state index in [2.05, 4.69) is 27.6 Å². The predicted molar refractivity (Wildman–Crippen MR) is 167 cm³/mol. The summed E-state index contributed by atoms with van der Waals surface area (Å²) >= 11 is 6.42. The van der Waals surface area contributed by atoms with Crippen molar-refractivity contribution in [3.05, 3.63) is 58.1 Å². The molecule has 226 valence electrons. The quantitative estimate of drug-likeness (QED) is 0.414. The maximum absolute atomic E-state index is 13.4. The number of halogens is 1. The number of nitrogens with zero attached hydrogens (tertiary/aromatic N) is 1. The first-order chi connectivity index (χ1) is 20.2. The SMILES string of the molecule is C=S1(=O)C[C@H](C)O[C@H]2CCO[C@H](C2)[C@@H]2CC[C@H]2CN2C[C@@]3(CCCc4cc(Cl)ccc43)COc3ccc(cc32)C(=O)N1. The van der Waals surface area contributed by atoms with Gasteiger partial charge in [0.25, 0.3) is 5.91 Å². The summed E-state index contributed by atoms with van der Waals surface area (Å²) in [6, 6.07) is 11.9. The number of anilines is 1. The summed E-state index contributed by atoms with van der Waals surface area (Å²) in [5.74, 6) is 5.39. The second-order valence-electron chi connectivity index (χ2n) is 13.2. The zero-order valence-electron chi connectivity index (χ0n) is 24.3. The summed E-state index contributed by atoms with van der Waals surface area (Å²) in [5.41, 5.74) is 3.82. The number of carbonyl (C=O) groups excluding carboxylic acids is 1. The first-order valence-corrected chi connectivity index (χ1v) is 17.7. The Hall–Kier alpha value is -2.26. The van der Waals surface area contributed by atoms with E-state index in [0.29, 0.717) is 30.6 Å². The molecule has 7 nitrogen and oxygen atoms in total. The van der Waals surface area contributed by atoms with Gasteiger partial charge in [0.2, 0.25) is 0 Å². The molecule has 1 unspecified atom stereocenters. The zero-order chi connectivity index (χ0) is 29.1. The van der Waals surface area contributed by atoms with Crippen LogP contribution in [0.25, 0.3) is 0 Å². The predicted octanol–water partition coefficient (Wildman–Crippen LogP) is 5.17. The van der Waals surface area contributed by atoms with Crippen LogP contribution in [0.5, 0.6) is 5.75 Å². The van der Waals surface area contributed by atoms with Crippen LogP contribution < -0.4 is 14.4 Å². The largest absolute Gasteiger partial charge is 0.490 e.